The minimum absolute atomic E-state index is 0.607. The molecule has 0 amide bonds. The van der Waals surface area contributed by atoms with Crippen molar-refractivity contribution >= 4 is 25.9 Å². The average molecular weight is 227 g/mol. The Hall–Kier alpha value is -0.791. The van der Waals surface area contributed by atoms with Crippen LogP contribution in [0.2, 0.25) is 0 Å². The molecule has 0 atom stereocenters. The van der Waals surface area contributed by atoms with Gasteiger partial charge in [0, 0.05) is 0 Å². The van der Waals surface area contributed by atoms with E-state index in [4.69, 9.17) is 5.73 Å². The van der Waals surface area contributed by atoms with Crippen LogP contribution in [0.25, 0.3) is 0 Å². The molecule has 2 nitrogen and oxygen atoms in total. The Bertz CT molecular complexity index is 284. The fourth-order valence-corrected chi connectivity index (χ4v) is 1.31. The number of anilines is 1. The summed E-state index contributed by atoms with van der Waals surface area (Å²) in [5.41, 5.74) is 7.85. The van der Waals surface area contributed by atoms with Crippen LogP contribution >= 0.6 is 0 Å². The summed E-state index contributed by atoms with van der Waals surface area (Å²) in [4.78, 5) is 0. The number of para-hydroxylation sites is 1. The second-order valence-corrected chi connectivity index (χ2v) is 3.42. The van der Waals surface area contributed by atoms with Gasteiger partial charge in [0.2, 0.25) is 0 Å². The molecular formula is C9H12N2Se. The Morgan fingerprint density at radius 3 is 2.75 bits per heavy atom. The van der Waals surface area contributed by atoms with E-state index in [-0.39, 0.29) is 0 Å². The van der Waals surface area contributed by atoms with Crippen molar-refractivity contribution in [3.8, 4) is 0 Å². The molecule has 0 heterocycles. The summed E-state index contributed by atoms with van der Waals surface area (Å²) in [6, 6.07) is 8.12. The van der Waals surface area contributed by atoms with Crippen molar-refractivity contribution in [3.63, 3.8) is 0 Å². The van der Waals surface area contributed by atoms with Crippen molar-refractivity contribution in [1.82, 2.24) is 0 Å². The monoisotopic (exact) mass is 228 g/mol. The molecule has 0 bridgehead atoms. The molecule has 0 aromatic heterocycles. The normalized spacial score (nSPS) is 9.42. The summed E-state index contributed by atoms with van der Waals surface area (Å²) < 4.78 is 0.607. The zero-order valence-electron chi connectivity index (χ0n) is 7.00. The van der Waals surface area contributed by atoms with Gasteiger partial charge in [-0.15, -0.1) is 0 Å². The molecule has 3 heteroatoms. The van der Waals surface area contributed by atoms with Crippen molar-refractivity contribution in [2.75, 3.05) is 5.32 Å². The van der Waals surface area contributed by atoms with Gasteiger partial charge in [0.1, 0.15) is 0 Å². The van der Waals surface area contributed by atoms with Gasteiger partial charge < -0.3 is 0 Å². The first-order chi connectivity index (χ1) is 5.74. The fourth-order valence-electron chi connectivity index (χ4n) is 1.08. The van der Waals surface area contributed by atoms with Crippen LogP contribution in [0.4, 0.5) is 5.69 Å². The first-order valence-electron chi connectivity index (χ1n) is 3.88. The minimum atomic E-state index is 0.607. The molecule has 3 N–H and O–H groups in total. The Kier molecular flexibility index (Phi) is 3.32. The number of aryl methyl sites for hydroxylation is 1. The summed E-state index contributed by atoms with van der Waals surface area (Å²) >= 11 is 2.72. The van der Waals surface area contributed by atoms with Crippen LogP contribution in [0.15, 0.2) is 24.3 Å². The van der Waals surface area contributed by atoms with Crippen molar-refractivity contribution in [2.24, 2.45) is 5.73 Å². The maximum atomic E-state index is 5.50. The number of benzene rings is 1. The van der Waals surface area contributed by atoms with Crippen LogP contribution < -0.4 is 11.1 Å². The zero-order chi connectivity index (χ0) is 8.97. The van der Waals surface area contributed by atoms with Gasteiger partial charge in [-0.25, -0.2) is 0 Å². The SMILES string of the molecule is CCc1ccccc1NC(N)=[Se]. The van der Waals surface area contributed by atoms with Gasteiger partial charge in [0.25, 0.3) is 0 Å². The summed E-state index contributed by atoms with van der Waals surface area (Å²) in [7, 11) is 0. The van der Waals surface area contributed by atoms with Gasteiger partial charge in [-0.3, -0.25) is 0 Å². The van der Waals surface area contributed by atoms with Gasteiger partial charge in [0.05, 0.1) is 0 Å². The third kappa shape index (κ3) is 2.36. The van der Waals surface area contributed by atoms with Crippen LogP contribution in [0, 0.1) is 0 Å². The van der Waals surface area contributed by atoms with E-state index >= 15 is 0 Å². The van der Waals surface area contributed by atoms with Gasteiger partial charge in [-0.1, -0.05) is 0 Å². The number of nitrogens with two attached hydrogens (primary N) is 1. The molecule has 1 aromatic rings. The van der Waals surface area contributed by atoms with Crippen molar-refractivity contribution in [1.29, 1.82) is 0 Å². The van der Waals surface area contributed by atoms with Gasteiger partial charge >= 0.3 is 80.2 Å². The second kappa shape index (κ2) is 4.29. The molecule has 0 aliphatic heterocycles. The summed E-state index contributed by atoms with van der Waals surface area (Å²) in [5.74, 6) is 0. The van der Waals surface area contributed by atoms with E-state index in [1.54, 1.807) is 0 Å². The maximum absolute atomic E-state index is 5.50. The van der Waals surface area contributed by atoms with E-state index in [0.29, 0.717) is 4.67 Å². The third-order valence-electron chi connectivity index (χ3n) is 1.66. The topological polar surface area (TPSA) is 38.0 Å². The predicted molar refractivity (Wildman–Crippen MR) is 54.4 cm³/mol. The molecule has 0 spiro atoms. The van der Waals surface area contributed by atoms with Crippen molar-refractivity contribution in [3.05, 3.63) is 29.8 Å². The average Bonchev–Trinajstić information content (AvgIpc) is 2.04. The van der Waals surface area contributed by atoms with Crippen LogP contribution in [0.1, 0.15) is 12.5 Å². The third-order valence-corrected chi connectivity index (χ3v) is 1.87. The molecule has 12 heavy (non-hydrogen) atoms. The summed E-state index contributed by atoms with van der Waals surface area (Å²) in [6.45, 7) is 2.12. The molecule has 0 fully saturated rings. The molecule has 0 aliphatic rings. The first kappa shape index (κ1) is 9.30. The van der Waals surface area contributed by atoms with Gasteiger partial charge in [0.15, 0.2) is 0 Å². The van der Waals surface area contributed by atoms with Crippen LogP contribution in [-0.2, 0) is 6.42 Å². The van der Waals surface area contributed by atoms with Gasteiger partial charge in [-0.2, -0.15) is 0 Å². The molecule has 0 radical (unpaired) electrons. The Morgan fingerprint density at radius 1 is 1.50 bits per heavy atom. The molecule has 0 aliphatic carbocycles. The Morgan fingerprint density at radius 2 is 2.17 bits per heavy atom. The van der Waals surface area contributed by atoms with E-state index in [0.717, 1.165) is 12.1 Å². The fraction of sp³-hybridized carbons (Fsp3) is 0.222. The number of rotatable bonds is 3. The Labute approximate surface area is 80.5 Å². The molecule has 0 saturated carbocycles. The van der Waals surface area contributed by atoms with Crippen LogP contribution in [0.5, 0.6) is 0 Å². The van der Waals surface area contributed by atoms with E-state index < -0.39 is 0 Å². The van der Waals surface area contributed by atoms with Crippen molar-refractivity contribution in [2.45, 2.75) is 13.3 Å². The van der Waals surface area contributed by atoms with E-state index in [2.05, 4.69) is 33.9 Å². The number of nitrogens with one attached hydrogen (secondary N) is 1. The molecule has 1 aromatic carbocycles. The standard InChI is InChI=1S/C9H12N2Se/c1-2-7-5-3-4-6-8(7)11-9(10)12/h3-6H,2H2,1H3,(H3,10,11,12). The van der Waals surface area contributed by atoms with Crippen molar-refractivity contribution < 1.29 is 0 Å². The van der Waals surface area contributed by atoms with E-state index in [9.17, 15) is 0 Å². The van der Waals surface area contributed by atoms with Gasteiger partial charge in [-0.05, 0) is 0 Å². The van der Waals surface area contributed by atoms with E-state index in [1.807, 2.05) is 18.2 Å². The van der Waals surface area contributed by atoms with E-state index in [1.165, 1.54) is 5.56 Å². The van der Waals surface area contributed by atoms with Crippen LogP contribution in [-0.4, -0.2) is 20.2 Å². The predicted octanol–water partition coefficient (Wildman–Crippen LogP) is 0.875. The number of hydrogen-bond acceptors (Lipinski definition) is 2. The van der Waals surface area contributed by atoms with Crippen LogP contribution in [0.3, 0.4) is 0 Å². The molecule has 0 unspecified atom stereocenters. The quantitative estimate of drug-likeness (QED) is 0.752. The second-order valence-electron chi connectivity index (χ2n) is 2.50. The zero-order valence-corrected chi connectivity index (χ0v) is 8.72. The summed E-state index contributed by atoms with van der Waals surface area (Å²) in [6.07, 6.45) is 1.01. The first-order valence-corrected chi connectivity index (χ1v) is 4.74. The molecule has 1 rings (SSSR count). The molecule has 64 valence electrons. The molecular weight excluding hydrogens is 215 g/mol. The number of hydrogen-bond donors (Lipinski definition) is 2. The summed E-state index contributed by atoms with van der Waals surface area (Å²) in [5, 5.41) is 3.06. The molecule has 0 saturated heterocycles. The Balaban J connectivity index is 2.89.